The van der Waals surface area contributed by atoms with Gasteiger partial charge in [-0.1, -0.05) is 6.92 Å². The van der Waals surface area contributed by atoms with Crippen LogP contribution in [-0.2, 0) is 6.54 Å². The molecule has 2 aromatic rings. The molecular formula is C19H26N4O2. The number of carbonyl (C=O) groups excluding carboxylic acids is 1. The van der Waals surface area contributed by atoms with Gasteiger partial charge in [-0.3, -0.25) is 9.97 Å². The van der Waals surface area contributed by atoms with E-state index in [1.807, 2.05) is 26.0 Å². The molecule has 0 fully saturated rings. The van der Waals surface area contributed by atoms with Crippen molar-refractivity contribution in [1.82, 2.24) is 20.2 Å². The van der Waals surface area contributed by atoms with Crippen LogP contribution in [0.15, 0.2) is 30.7 Å². The van der Waals surface area contributed by atoms with E-state index >= 15 is 0 Å². The van der Waals surface area contributed by atoms with Gasteiger partial charge in [-0.15, -0.1) is 0 Å². The second-order valence-corrected chi connectivity index (χ2v) is 6.02. The van der Waals surface area contributed by atoms with Gasteiger partial charge in [0.25, 0.3) is 0 Å². The fraction of sp³-hybridized carbons (Fsp3) is 0.421. The van der Waals surface area contributed by atoms with Crippen molar-refractivity contribution >= 4 is 6.03 Å². The molecule has 0 aliphatic heterocycles. The zero-order valence-electron chi connectivity index (χ0n) is 15.5. The molecule has 25 heavy (non-hydrogen) atoms. The van der Waals surface area contributed by atoms with E-state index in [2.05, 4.69) is 22.2 Å². The minimum absolute atomic E-state index is 0.00427. The van der Waals surface area contributed by atoms with Crippen molar-refractivity contribution in [2.45, 2.75) is 39.8 Å². The average Bonchev–Trinajstić information content (AvgIpc) is 2.62. The molecule has 0 saturated carbocycles. The van der Waals surface area contributed by atoms with Crippen LogP contribution in [0.5, 0.6) is 5.75 Å². The van der Waals surface area contributed by atoms with Gasteiger partial charge in [0.1, 0.15) is 5.75 Å². The number of carbonyl (C=O) groups is 1. The van der Waals surface area contributed by atoms with Gasteiger partial charge in [0.15, 0.2) is 0 Å². The zero-order chi connectivity index (χ0) is 18.4. The third-order valence-electron chi connectivity index (χ3n) is 4.42. The number of rotatable bonds is 6. The highest BCUT2D eigenvalue weighted by atomic mass is 16.5. The van der Waals surface area contributed by atoms with Crippen molar-refractivity contribution in [2.75, 3.05) is 14.2 Å². The lowest BCUT2D eigenvalue weighted by atomic mass is 10.1. The lowest BCUT2D eigenvalue weighted by molar-refractivity contribution is 0.188. The maximum Gasteiger partial charge on any atom is 0.317 e. The Morgan fingerprint density at radius 1 is 1.32 bits per heavy atom. The van der Waals surface area contributed by atoms with Crippen LogP contribution < -0.4 is 10.1 Å². The maximum absolute atomic E-state index is 12.6. The second kappa shape index (κ2) is 8.46. The van der Waals surface area contributed by atoms with Crippen LogP contribution in [0.2, 0.25) is 0 Å². The van der Waals surface area contributed by atoms with Crippen molar-refractivity contribution in [3.05, 3.63) is 53.1 Å². The molecule has 6 nitrogen and oxygen atoms in total. The predicted octanol–water partition coefficient (Wildman–Crippen LogP) is 3.39. The molecule has 2 aromatic heterocycles. The average molecular weight is 342 g/mol. The number of pyridine rings is 2. The van der Waals surface area contributed by atoms with Crippen molar-refractivity contribution in [1.29, 1.82) is 0 Å². The van der Waals surface area contributed by atoms with Crippen molar-refractivity contribution < 1.29 is 9.53 Å². The number of hydrogen-bond acceptors (Lipinski definition) is 4. The van der Waals surface area contributed by atoms with E-state index in [9.17, 15) is 4.79 Å². The van der Waals surface area contributed by atoms with Gasteiger partial charge in [0.05, 0.1) is 25.4 Å². The van der Waals surface area contributed by atoms with Crippen LogP contribution in [0.25, 0.3) is 0 Å². The van der Waals surface area contributed by atoms with E-state index in [1.165, 1.54) is 0 Å². The lowest BCUT2D eigenvalue weighted by Gasteiger charge is -2.28. The molecular weight excluding hydrogens is 316 g/mol. The third kappa shape index (κ3) is 4.26. The Bertz CT molecular complexity index is 719. The summed E-state index contributed by atoms with van der Waals surface area (Å²) in [5, 5.41) is 2.95. The van der Waals surface area contributed by atoms with Gasteiger partial charge in [-0.25, -0.2) is 4.79 Å². The number of amides is 2. The normalized spacial score (nSPS) is 11.7. The molecule has 0 bridgehead atoms. The van der Waals surface area contributed by atoms with Crippen molar-refractivity contribution in [3.8, 4) is 5.75 Å². The van der Waals surface area contributed by atoms with Gasteiger partial charge < -0.3 is 15.0 Å². The van der Waals surface area contributed by atoms with E-state index in [0.29, 0.717) is 6.54 Å². The van der Waals surface area contributed by atoms with Crippen LogP contribution in [0.1, 0.15) is 41.8 Å². The number of aryl methyl sites for hydroxylation is 1. The Morgan fingerprint density at radius 3 is 2.60 bits per heavy atom. The first-order valence-corrected chi connectivity index (χ1v) is 8.39. The highest BCUT2D eigenvalue weighted by Crippen LogP contribution is 2.24. The van der Waals surface area contributed by atoms with Gasteiger partial charge in [-0.05, 0) is 38.0 Å². The molecule has 1 atom stereocenters. The molecule has 0 radical (unpaired) electrons. The summed E-state index contributed by atoms with van der Waals surface area (Å²) in [6.45, 7) is 6.33. The summed E-state index contributed by atoms with van der Waals surface area (Å²) in [5.41, 5.74) is 3.81. The van der Waals surface area contributed by atoms with Crippen molar-refractivity contribution in [2.24, 2.45) is 0 Å². The third-order valence-corrected chi connectivity index (χ3v) is 4.42. The molecule has 6 heteroatoms. The van der Waals surface area contributed by atoms with Crippen LogP contribution in [0, 0.1) is 13.8 Å². The smallest absolute Gasteiger partial charge is 0.317 e. The van der Waals surface area contributed by atoms with Gasteiger partial charge >= 0.3 is 6.03 Å². The highest BCUT2D eigenvalue weighted by molar-refractivity contribution is 5.74. The monoisotopic (exact) mass is 342 g/mol. The van der Waals surface area contributed by atoms with E-state index in [1.54, 1.807) is 37.6 Å². The number of nitrogens with one attached hydrogen (secondary N) is 1. The first kappa shape index (κ1) is 18.7. The number of methoxy groups -OCH3 is 1. The van der Waals surface area contributed by atoms with E-state index in [0.717, 1.165) is 34.6 Å². The molecule has 2 rings (SSSR count). The number of urea groups is 1. The quantitative estimate of drug-likeness (QED) is 0.874. The summed E-state index contributed by atoms with van der Waals surface area (Å²) in [5.74, 6) is 0.816. The molecule has 0 saturated heterocycles. The van der Waals surface area contributed by atoms with E-state index < -0.39 is 0 Å². The van der Waals surface area contributed by atoms with Crippen molar-refractivity contribution in [3.63, 3.8) is 0 Å². The number of aromatic nitrogens is 2. The van der Waals surface area contributed by atoms with Gasteiger partial charge in [-0.2, -0.15) is 0 Å². The van der Waals surface area contributed by atoms with Crippen LogP contribution in [0.3, 0.4) is 0 Å². The fourth-order valence-electron chi connectivity index (χ4n) is 2.99. The second-order valence-electron chi connectivity index (χ2n) is 6.02. The van der Waals surface area contributed by atoms with E-state index in [4.69, 9.17) is 4.74 Å². The first-order valence-electron chi connectivity index (χ1n) is 8.39. The minimum Gasteiger partial charge on any atom is -0.496 e. The summed E-state index contributed by atoms with van der Waals surface area (Å²) in [6.07, 6.45) is 6.08. The standard InChI is InChI=1S/C19H26N4O2/c1-6-17(15-7-9-20-10-8-15)23(4)19(24)22-12-16-14(3)18(25-5)13(2)11-21-16/h7-11,17H,6,12H2,1-5H3,(H,22,24)/t17-/m0/s1. The summed E-state index contributed by atoms with van der Waals surface area (Å²) >= 11 is 0. The molecule has 2 amide bonds. The number of hydrogen-bond donors (Lipinski definition) is 1. The molecule has 0 aromatic carbocycles. The van der Waals surface area contributed by atoms with Gasteiger partial charge in [0.2, 0.25) is 0 Å². The highest BCUT2D eigenvalue weighted by Gasteiger charge is 2.20. The Hall–Kier alpha value is -2.63. The number of nitrogens with zero attached hydrogens (tertiary/aromatic N) is 3. The van der Waals surface area contributed by atoms with Crippen LogP contribution in [-0.4, -0.2) is 35.1 Å². The maximum atomic E-state index is 12.6. The largest absolute Gasteiger partial charge is 0.496 e. The first-order chi connectivity index (χ1) is 12.0. The molecule has 2 heterocycles. The topological polar surface area (TPSA) is 67.4 Å². The Morgan fingerprint density at radius 2 is 2.00 bits per heavy atom. The molecule has 1 N–H and O–H groups in total. The SMILES string of the molecule is CC[C@@H](c1ccncc1)N(C)C(=O)NCc1ncc(C)c(OC)c1C. The Kier molecular flexibility index (Phi) is 6.33. The molecule has 0 aliphatic carbocycles. The van der Waals surface area contributed by atoms with Crippen LogP contribution in [0.4, 0.5) is 4.79 Å². The number of ether oxygens (including phenoxy) is 1. The molecule has 0 spiro atoms. The van der Waals surface area contributed by atoms with Gasteiger partial charge in [0, 0.05) is 36.8 Å². The lowest BCUT2D eigenvalue weighted by Crippen LogP contribution is -2.39. The summed E-state index contributed by atoms with van der Waals surface area (Å²) in [4.78, 5) is 22.7. The van der Waals surface area contributed by atoms with Crippen LogP contribution >= 0.6 is 0 Å². The Labute approximate surface area is 149 Å². The summed E-state index contributed by atoms with van der Waals surface area (Å²) in [7, 11) is 3.45. The zero-order valence-corrected chi connectivity index (χ0v) is 15.5. The minimum atomic E-state index is -0.135. The van der Waals surface area contributed by atoms with E-state index in [-0.39, 0.29) is 12.1 Å². The Balaban J connectivity index is 2.07. The summed E-state index contributed by atoms with van der Waals surface area (Å²) in [6, 6.07) is 3.75. The molecule has 0 aliphatic rings. The molecule has 134 valence electrons. The fourth-order valence-corrected chi connectivity index (χ4v) is 2.99. The summed E-state index contributed by atoms with van der Waals surface area (Å²) < 4.78 is 5.42. The predicted molar refractivity (Wildman–Crippen MR) is 97.5 cm³/mol. The molecule has 0 unspecified atom stereocenters.